The van der Waals surface area contributed by atoms with Gasteiger partial charge in [-0.2, -0.15) is 0 Å². The second-order valence-electron chi connectivity index (χ2n) is 5.78. The smallest absolute Gasteiger partial charge is 0.417 e. The van der Waals surface area contributed by atoms with Gasteiger partial charge in [0.05, 0.1) is 15.5 Å². The van der Waals surface area contributed by atoms with Crippen molar-refractivity contribution in [2.45, 2.75) is 13.3 Å². The van der Waals surface area contributed by atoms with Crippen molar-refractivity contribution in [3.05, 3.63) is 89.5 Å². The van der Waals surface area contributed by atoms with E-state index in [1.807, 2.05) is 49.4 Å². The van der Waals surface area contributed by atoms with Crippen LogP contribution in [0.2, 0.25) is 0 Å². The van der Waals surface area contributed by atoms with Crippen molar-refractivity contribution in [2.24, 2.45) is 0 Å². The Labute approximate surface area is 155 Å². The fourth-order valence-corrected chi connectivity index (χ4v) is 3.76. The summed E-state index contributed by atoms with van der Waals surface area (Å²) >= 11 is 2.67. The maximum absolute atomic E-state index is 11.5. The molecule has 5 heteroatoms. The summed E-state index contributed by atoms with van der Waals surface area (Å²) in [6.07, 6.45) is -3.05. The third-order valence-corrected chi connectivity index (χ3v) is 4.95. The third kappa shape index (κ3) is 4.60. The Bertz CT molecular complexity index is 919. The van der Waals surface area contributed by atoms with Gasteiger partial charge >= 0.3 is 6.30 Å². The average molecular weight is 417 g/mol. The summed E-state index contributed by atoms with van der Waals surface area (Å²) in [5.74, 6) is 0.414. The van der Waals surface area contributed by atoms with Crippen LogP contribution in [0.5, 0.6) is 5.75 Å². The first-order valence-electron chi connectivity index (χ1n) is 7.88. The van der Waals surface area contributed by atoms with Crippen LogP contribution in [0.4, 0.5) is 0 Å². The average Bonchev–Trinajstić information content (AvgIpc) is 2.59. The van der Waals surface area contributed by atoms with Crippen LogP contribution >= 0.6 is 21.8 Å². The van der Waals surface area contributed by atoms with Crippen molar-refractivity contribution < 1.29 is 14.0 Å². The summed E-state index contributed by atoms with van der Waals surface area (Å²) < 4.78 is 16.6. The second kappa shape index (κ2) is 7.57. The van der Waals surface area contributed by atoms with Crippen LogP contribution in [0.1, 0.15) is 16.7 Å². The van der Waals surface area contributed by atoms with Crippen molar-refractivity contribution in [3.8, 4) is 16.9 Å². The van der Waals surface area contributed by atoms with E-state index in [2.05, 4.69) is 39.8 Å². The molecule has 0 saturated carbocycles. The second-order valence-corrected chi connectivity index (χ2v) is 9.56. The molecule has 0 amide bonds. The fraction of sp³-hybridized carbons (Fsp3) is 0.100. The predicted molar refractivity (Wildman–Crippen MR) is 105 cm³/mol. The lowest BCUT2D eigenvalue weighted by atomic mass is 9.93. The Balaban J connectivity index is 1.97. The van der Waals surface area contributed by atoms with E-state index in [9.17, 15) is 9.46 Å². The maximum Gasteiger partial charge on any atom is 0.444 e. The zero-order valence-corrected chi connectivity index (χ0v) is 16.2. The zero-order chi connectivity index (χ0) is 17.9. The van der Waals surface area contributed by atoms with Crippen LogP contribution in [0, 0.1) is 6.92 Å². The number of halogens is 1. The molecule has 0 heterocycles. The Hall–Kier alpha value is -1.87. The van der Waals surface area contributed by atoms with Crippen molar-refractivity contribution >= 4 is 21.8 Å². The SMILES string of the molecule is Cc1c(Cc2ccccc2-c2ccccc2)cccc1OP(=O)(O)Br. The maximum atomic E-state index is 11.5. The summed E-state index contributed by atoms with van der Waals surface area (Å²) in [5.41, 5.74) is 5.46. The molecule has 0 aliphatic rings. The lowest BCUT2D eigenvalue weighted by Crippen LogP contribution is -1.97. The Morgan fingerprint density at radius 3 is 2.28 bits per heavy atom. The van der Waals surface area contributed by atoms with E-state index in [1.54, 1.807) is 6.07 Å². The summed E-state index contributed by atoms with van der Waals surface area (Å²) in [6.45, 7) is 1.90. The Kier molecular flexibility index (Phi) is 5.43. The largest absolute Gasteiger partial charge is 0.444 e. The number of hydrogen-bond donors (Lipinski definition) is 1. The van der Waals surface area contributed by atoms with Gasteiger partial charge in [-0.25, -0.2) is 4.57 Å². The summed E-state index contributed by atoms with van der Waals surface area (Å²) in [4.78, 5) is 9.42. The van der Waals surface area contributed by atoms with Gasteiger partial charge in [0.25, 0.3) is 0 Å². The molecule has 3 aromatic carbocycles. The van der Waals surface area contributed by atoms with Crippen molar-refractivity contribution in [1.82, 2.24) is 0 Å². The standard InChI is InChI=1S/C20H18BrO3P/c1-15-17(11-7-13-20(15)24-25(21,22)23)14-18-10-5-6-12-19(18)16-8-3-2-4-9-16/h2-13H,14H2,1H3,(H,22,23). The highest BCUT2D eigenvalue weighted by Gasteiger charge is 2.18. The molecule has 0 saturated heterocycles. The molecule has 0 aliphatic heterocycles. The van der Waals surface area contributed by atoms with E-state index in [0.29, 0.717) is 12.2 Å². The molecule has 0 bridgehead atoms. The molecule has 0 radical (unpaired) electrons. The van der Waals surface area contributed by atoms with Gasteiger partial charge in [-0.3, -0.25) is 0 Å². The molecule has 25 heavy (non-hydrogen) atoms. The van der Waals surface area contributed by atoms with Gasteiger partial charge in [0, 0.05) is 0 Å². The van der Waals surface area contributed by atoms with E-state index < -0.39 is 6.30 Å². The molecule has 3 nitrogen and oxygen atoms in total. The van der Waals surface area contributed by atoms with Gasteiger partial charge < -0.3 is 9.42 Å². The minimum atomic E-state index is -3.76. The molecule has 0 aromatic heterocycles. The van der Waals surface area contributed by atoms with Gasteiger partial charge in [0.15, 0.2) is 0 Å². The quantitative estimate of drug-likeness (QED) is 0.509. The predicted octanol–water partition coefficient (Wildman–Crippen LogP) is 6.13. The van der Waals surface area contributed by atoms with Crippen LogP contribution in [-0.4, -0.2) is 4.89 Å². The lowest BCUT2D eigenvalue weighted by molar-refractivity contribution is 0.403. The van der Waals surface area contributed by atoms with Crippen molar-refractivity contribution in [2.75, 3.05) is 0 Å². The van der Waals surface area contributed by atoms with E-state index in [4.69, 9.17) is 4.52 Å². The molecular formula is C20H18BrO3P. The van der Waals surface area contributed by atoms with Crippen LogP contribution in [0.3, 0.4) is 0 Å². The van der Waals surface area contributed by atoms with E-state index in [-0.39, 0.29) is 0 Å². The van der Waals surface area contributed by atoms with Gasteiger partial charge in [0.1, 0.15) is 5.75 Å². The number of hydrogen-bond acceptors (Lipinski definition) is 2. The lowest BCUT2D eigenvalue weighted by Gasteiger charge is -2.15. The van der Waals surface area contributed by atoms with Gasteiger partial charge in [-0.1, -0.05) is 66.7 Å². The van der Waals surface area contributed by atoms with Gasteiger partial charge in [0.2, 0.25) is 0 Å². The fourth-order valence-electron chi connectivity index (χ4n) is 2.85. The first-order valence-corrected chi connectivity index (χ1v) is 11.5. The molecule has 3 aromatic rings. The normalized spacial score (nSPS) is 13.2. The van der Waals surface area contributed by atoms with Crippen LogP contribution < -0.4 is 4.52 Å². The molecule has 1 N–H and O–H groups in total. The molecule has 1 unspecified atom stereocenters. The van der Waals surface area contributed by atoms with E-state index in [1.165, 1.54) is 16.7 Å². The van der Waals surface area contributed by atoms with Crippen molar-refractivity contribution in [1.29, 1.82) is 0 Å². The minimum absolute atomic E-state index is 0.414. The molecule has 1 atom stereocenters. The summed E-state index contributed by atoms with van der Waals surface area (Å²) in [5, 5.41) is 0. The van der Waals surface area contributed by atoms with Crippen LogP contribution in [0.15, 0.2) is 72.8 Å². The van der Waals surface area contributed by atoms with Crippen molar-refractivity contribution in [3.63, 3.8) is 0 Å². The highest BCUT2D eigenvalue weighted by molar-refractivity contribution is 9.39. The van der Waals surface area contributed by atoms with Gasteiger partial charge in [-0.05, 0) is 47.2 Å². The molecule has 128 valence electrons. The van der Waals surface area contributed by atoms with Crippen LogP contribution in [-0.2, 0) is 11.0 Å². The Morgan fingerprint density at radius 2 is 1.56 bits per heavy atom. The molecule has 0 spiro atoms. The number of benzene rings is 3. The van der Waals surface area contributed by atoms with Crippen LogP contribution in [0.25, 0.3) is 11.1 Å². The number of rotatable bonds is 5. The highest BCUT2D eigenvalue weighted by Crippen LogP contribution is 2.51. The van der Waals surface area contributed by atoms with E-state index in [0.717, 1.165) is 11.1 Å². The third-order valence-electron chi connectivity index (χ3n) is 4.09. The first-order chi connectivity index (χ1) is 11.9. The topological polar surface area (TPSA) is 46.5 Å². The highest BCUT2D eigenvalue weighted by atomic mass is 79.9. The monoisotopic (exact) mass is 416 g/mol. The van der Waals surface area contributed by atoms with Gasteiger partial charge in [-0.15, -0.1) is 0 Å². The molecule has 0 fully saturated rings. The Morgan fingerprint density at radius 1 is 0.920 bits per heavy atom. The zero-order valence-electron chi connectivity index (χ0n) is 13.7. The molecular weight excluding hydrogens is 399 g/mol. The van der Waals surface area contributed by atoms with E-state index >= 15 is 0 Å². The summed E-state index contributed by atoms with van der Waals surface area (Å²) in [6, 6.07) is 24.1. The minimum Gasteiger partial charge on any atom is -0.417 e. The first kappa shape index (κ1) is 17.9. The molecule has 3 rings (SSSR count). The molecule has 0 aliphatic carbocycles. The summed E-state index contributed by atoms with van der Waals surface area (Å²) in [7, 11) is 0.